The number of ether oxygens (including phenoxy) is 1. The van der Waals surface area contributed by atoms with Crippen molar-refractivity contribution < 1.29 is 9.53 Å². The Balaban J connectivity index is 1.31. The van der Waals surface area contributed by atoms with Gasteiger partial charge in [-0.3, -0.25) is 15.0 Å². The Hall–Kier alpha value is -3.71. The Morgan fingerprint density at radius 3 is 2.67 bits per heavy atom. The van der Waals surface area contributed by atoms with E-state index in [4.69, 9.17) is 4.74 Å². The third-order valence-electron chi connectivity index (χ3n) is 6.93. The summed E-state index contributed by atoms with van der Waals surface area (Å²) in [5.74, 6) is 0. The number of hydrogen-bond donors (Lipinski definition) is 1. The van der Waals surface area contributed by atoms with Gasteiger partial charge in [-0.25, -0.2) is 4.79 Å². The van der Waals surface area contributed by atoms with Crippen molar-refractivity contribution in [2.45, 2.75) is 24.9 Å². The zero-order valence-electron chi connectivity index (χ0n) is 18.3. The molecule has 0 atom stereocenters. The number of nitrogens with one attached hydrogen (secondary N) is 1. The number of urea groups is 1. The Morgan fingerprint density at radius 1 is 1.03 bits per heavy atom. The second-order valence-corrected chi connectivity index (χ2v) is 8.86. The van der Waals surface area contributed by atoms with Gasteiger partial charge in [0.15, 0.2) is 0 Å². The lowest BCUT2D eigenvalue weighted by atomic mass is 9.88. The molecule has 2 aromatic carbocycles. The highest BCUT2D eigenvalue weighted by atomic mass is 16.5. The van der Waals surface area contributed by atoms with E-state index in [9.17, 15) is 4.79 Å². The van der Waals surface area contributed by atoms with Crippen LogP contribution in [-0.2, 0) is 11.3 Å². The number of anilines is 1. The van der Waals surface area contributed by atoms with Crippen LogP contribution in [0.3, 0.4) is 0 Å². The Kier molecular flexibility index (Phi) is 4.84. The topological polar surface area (TPSA) is 74.3 Å². The molecule has 6 rings (SSSR count). The minimum Gasteiger partial charge on any atom is -0.381 e. The predicted octanol–water partition coefficient (Wildman–Crippen LogP) is 4.62. The molecule has 2 amide bonds. The van der Waals surface area contributed by atoms with Gasteiger partial charge in [0.2, 0.25) is 0 Å². The molecule has 0 saturated carbocycles. The van der Waals surface area contributed by atoms with E-state index in [2.05, 4.69) is 38.3 Å². The summed E-state index contributed by atoms with van der Waals surface area (Å²) in [5, 5.41) is 7.96. The van der Waals surface area contributed by atoms with Crippen LogP contribution in [0.15, 0.2) is 73.2 Å². The first kappa shape index (κ1) is 19.9. The number of hydrogen-bond acceptors (Lipinski definition) is 4. The number of aromatic nitrogens is 3. The highest BCUT2D eigenvalue weighted by molar-refractivity contribution is 5.95. The van der Waals surface area contributed by atoms with Crippen LogP contribution < -0.4 is 4.90 Å². The van der Waals surface area contributed by atoms with Crippen molar-refractivity contribution in [3.8, 4) is 11.1 Å². The molecule has 0 bridgehead atoms. The number of pyridine rings is 1. The fraction of sp³-hybridized carbons (Fsp3) is 0.269. The van der Waals surface area contributed by atoms with Gasteiger partial charge >= 0.3 is 6.03 Å². The second-order valence-electron chi connectivity index (χ2n) is 8.86. The van der Waals surface area contributed by atoms with Gasteiger partial charge in [-0.05, 0) is 54.3 Å². The molecule has 166 valence electrons. The highest BCUT2D eigenvalue weighted by Gasteiger charge is 2.50. The standard InChI is InChI=1S/C26H25N5O2/c32-25-30(23-6-4-20(5-7-23)22-15-28-29-16-22)18-26(9-12-33-13-10-26)31(25)17-19-3-8-24-21(14-19)2-1-11-27-24/h1-8,11,14-16H,9-10,12-13,17-18H2,(H,28,29). The molecule has 33 heavy (non-hydrogen) atoms. The minimum atomic E-state index is -0.220. The van der Waals surface area contributed by atoms with Crippen LogP contribution in [0.4, 0.5) is 10.5 Å². The van der Waals surface area contributed by atoms with Crippen molar-refractivity contribution in [1.29, 1.82) is 0 Å². The molecule has 4 heterocycles. The summed E-state index contributed by atoms with van der Waals surface area (Å²) in [4.78, 5) is 22.2. The summed E-state index contributed by atoms with van der Waals surface area (Å²) in [6.07, 6.45) is 7.16. The van der Waals surface area contributed by atoms with E-state index in [1.807, 2.05) is 47.5 Å². The number of H-pyrrole nitrogens is 1. The van der Waals surface area contributed by atoms with Crippen molar-refractivity contribution in [3.63, 3.8) is 0 Å². The lowest BCUT2D eigenvalue weighted by molar-refractivity contribution is 0.00612. The number of carbonyl (C=O) groups excluding carboxylic acids is 1. The molecule has 1 N–H and O–H groups in total. The molecule has 2 saturated heterocycles. The van der Waals surface area contributed by atoms with Crippen molar-refractivity contribution in [2.75, 3.05) is 24.7 Å². The molecule has 0 unspecified atom stereocenters. The minimum absolute atomic E-state index is 0.0549. The van der Waals surface area contributed by atoms with E-state index in [0.29, 0.717) is 26.3 Å². The van der Waals surface area contributed by atoms with Crippen molar-refractivity contribution in [2.24, 2.45) is 0 Å². The van der Waals surface area contributed by atoms with Crippen LogP contribution in [-0.4, -0.2) is 51.4 Å². The first-order valence-corrected chi connectivity index (χ1v) is 11.3. The van der Waals surface area contributed by atoms with E-state index in [1.165, 1.54) is 0 Å². The summed E-state index contributed by atoms with van der Waals surface area (Å²) in [7, 11) is 0. The molecule has 2 fully saturated rings. The van der Waals surface area contributed by atoms with E-state index >= 15 is 0 Å². The Bertz CT molecular complexity index is 1280. The van der Waals surface area contributed by atoms with E-state index < -0.39 is 0 Å². The van der Waals surface area contributed by atoms with Crippen LogP contribution in [0.25, 0.3) is 22.0 Å². The second kappa shape index (κ2) is 8.01. The van der Waals surface area contributed by atoms with Crippen LogP contribution >= 0.6 is 0 Å². The van der Waals surface area contributed by atoms with Crippen LogP contribution in [0, 0.1) is 0 Å². The van der Waals surface area contributed by atoms with E-state index in [-0.39, 0.29) is 11.6 Å². The molecule has 7 heteroatoms. The average molecular weight is 440 g/mol. The summed E-state index contributed by atoms with van der Waals surface area (Å²) in [6.45, 7) is 2.61. The van der Waals surface area contributed by atoms with Crippen molar-refractivity contribution in [1.82, 2.24) is 20.1 Å². The zero-order chi connectivity index (χ0) is 22.3. The number of carbonyl (C=O) groups is 1. The fourth-order valence-electron chi connectivity index (χ4n) is 5.06. The van der Waals surface area contributed by atoms with Gasteiger partial charge in [0, 0.05) is 48.8 Å². The Morgan fingerprint density at radius 2 is 1.88 bits per heavy atom. The van der Waals surface area contributed by atoms with Gasteiger partial charge in [-0.1, -0.05) is 24.3 Å². The normalized spacial score (nSPS) is 17.9. The molecule has 1 spiro atoms. The average Bonchev–Trinajstić information content (AvgIpc) is 3.49. The van der Waals surface area contributed by atoms with Crippen LogP contribution in [0.2, 0.25) is 0 Å². The molecular formula is C26H25N5O2. The Labute approximate surface area is 192 Å². The third kappa shape index (κ3) is 3.54. The summed E-state index contributed by atoms with van der Waals surface area (Å²) in [6, 6.07) is 18.5. The summed E-state index contributed by atoms with van der Waals surface area (Å²) >= 11 is 0. The largest absolute Gasteiger partial charge is 0.381 e. The molecule has 7 nitrogen and oxygen atoms in total. The van der Waals surface area contributed by atoms with E-state index in [1.54, 1.807) is 12.4 Å². The smallest absolute Gasteiger partial charge is 0.325 e. The lowest BCUT2D eigenvalue weighted by Crippen LogP contribution is -2.50. The van der Waals surface area contributed by atoms with Gasteiger partial charge in [-0.2, -0.15) is 5.10 Å². The van der Waals surface area contributed by atoms with Crippen LogP contribution in [0.1, 0.15) is 18.4 Å². The van der Waals surface area contributed by atoms with Crippen molar-refractivity contribution in [3.05, 3.63) is 78.8 Å². The molecule has 2 aliphatic heterocycles. The quantitative estimate of drug-likeness (QED) is 0.504. The maximum Gasteiger partial charge on any atom is 0.325 e. The summed E-state index contributed by atoms with van der Waals surface area (Å²) in [5.41, 5.74) is 4.89. The molecule has 4 aromatic rings. The van der Waals surface area contributed by atoms with Gasteiger partial charge < -0.3 is 9.64 Å². The molecule has 2 aliphatic rings. The molecule has 0 aliphatic carbocycles. The number of nitrogens with zero attached hydrogens (tertiary/aromatic N) is 4. The number of aromatic amines is 1. The fourth-order valence-corrected chi connectivity index (χ4v) is 5.06. The van der Waals surface area contributed by atoms with Gasteiger partial charge in [0.05, 0.1) is 23.8 Å². The number of rotatable bonds is 4. The number of fused-ring (bicyclic) bond motifs is 1. The lowest BCUT2D eigenvalue weighted by Gasteiger charge is -2.40. The molecule has 2 aromatic heterocycles. The third-order valence-corrected chi connectivity index (χ3v) is 6.93. The zero-order valence-corrected chi connectivity index (χ0v) is 18.3. The first-order chi connectivity index (χ1) is 16.2. The van der Waals surface area contributed by atoms with Gasteiger partial charge in [-0.15, -0.1) is 0 Å². The first-order valence-electron chi connectivity index (χ1n) is 11.3. The summed E-state index contributed by atoms with van der Waals surface area (Å²) < 4.78 is 5.67. The van der Waals surface area contributed by atoms with Crippen LogP contribution in [0.5, 0.6) is 0 Å². The maximum atomic E-state index is 13.7. The monoisotopic (exact) mass is 439 g/mol. The van der Waals surface area contributed by atoms with E-state index in [0.717, 1.165) is 46.1 Å². The van der Waals surface area contributed by atoms with Gasteiger partial charge in [0.25, 0.3) is 0 Å². The maximum absolute atomic E-state index is 13.7. The molecular weight excluding hydrogens is 414 g/mol. The predicted molar refractivity (Wildman–Crippen MR) is 127 cm³/mol. The number of benzene rings is 2. The molecule has 0 radical (unpaired) electrons. The van der Waals surface area contributed by atoms with Crippen molar-refractivity contribution >= 4 is 22.6 Å². The highest BCUT2D eigenvalue weighted by Crippen LogP contribution is 2.39. The SMILES string of the molecule is O=C1N(c2ccc(-c3cn[nH]c3)cc2)CC2(CCOCC2)N1Cc1ccc2ncccc2c1. The van der Waals surface area contributed by atoms with Gasteiger partial charge in [0.1, 0.15) is 0 Å². The number of amides is 2.